The standard InChI is InChI=1S/C21H26N2O5/c1-13(2)10-20(24)22-14-6-8-15(9-7-14)23-21(25)16-11-18(27-4)19(28-5)12-17(16)26-3/h6-9,11-13H,10H2,1-5H3,(H,22,24)(H,23,25). The van der Waals surface area contributed by atoms with Crippen molar-refractivity contribution in [2.24, 2.45) is 5.92 Å². The molecule has 2 rings (SSSR count). The highest BCUT2D eigenvalue weighted by Gasteiger charge is 2.18. The van der Waals surface area contributed by atoms with Crippen molar-refractivity contribution in [2.75, 3.05) is 32.0 Å². The van der Waals surface area contributed by atoms with Crippen LogP contribution in [0.2, 0.25) is 0 Å². The lowest BCUT2D eigenvalue weighted by molar-refractivity contribution is -0.116. The Bertz CT molecular complexity index is 831. The Labute approximate surface area is 165 Å². The molecule has 0 heterocycles. The zero-order valence-electron chi connectivity index (χ0n) is 16.8. The summed E-state index contributed by atoms with van der Waals surface area (Å²) in [6.45, 7) is 3.97. The van der Waals surface area contributed by atoms with E-state index in [-0.39, 0.29) is 17.7 Å². The van der Waals surface area contributed by atoms with Crippen molar-refractivity contribution in [3.8, 4) is 17.2 Å². The summed E-state index contributed by atoms with van der Waals surface area (Å²) in [4.78, 5) is 24.5. The van der Waals surface area contributed by atoms with Crippen LogP contribution in [-0.4, -0.2) is 33.1 Å². The second kappa shape index (κ2) is 9.64. The number of ether oxygens (including phenoxy) is 3. The lowest BCUT2D eigenvalue weighted by atomic mass is 10.1. The molecule has 2 aromatic rings. The number of carbonyl (C=O) groups is 2. The minimum absolute atomic E-state index is 0.0400. The van der Waals surface area contributed by atoms with Gasteiger partial charge in [0.15, 0.2) is 11.5 Å². The highest BCUT2D eigenvalue weighted by Crippen LogP contribution is 2.35. The van der Waals surface area contributed by atoms with Crippen LogP contribution in [0.25, 0.3) is 0 Å². The monoisotopic (exact) mass is 386 g/mol. The summed E-state index contributed by atoms with van der Waals surface area (Å²) >= 11 is 0. The van der Waals surface area contributed by atoms with E-state index >= 15 is 0 Å². The maximum absolute atomic E-state index is 12.7. The van der Waals surface area contributed by atoms with Gasteiger partial charge in [0, 0.05) is 29.9 Å². The molecule has 0 radical (unpaired) electrons. The van der Waals surface area contributed by atoms with Crippen molar-refractivity contribution in [2.45, 2.75) is 20.3 Å². The van der Waals surface area contributed by atoms with E-state index in [4.69, 9.17) is 14.2 Å². The number of carbonyl (C=O) groups excluding carboxylic acids is 2. The van der Waals surface area contributed by atoms with Crippen LogP contribution in [-0.2, 0) is 4.79 Å². The average molecular weight is 386 g/mol. The maximum atomic E-state index is 12.7. The molecule has 2 aromatic carbocycles. The van der Waals surface area contributed by atoms with Crippen LogP contribution in [0, 0.1) is 5.92 Å². The van der Waals surface area contributed by atoms with Gasteiger partial charge in [-0.25, -0.2) is 0 Å². The van der Waals surface area contributed by atoms with E-state index in [1.807, 2.05) is 13.8 Å². The Morgan fingerprint density at radius 1 is 0.821 bits per heavy atom. The van der Waals surface area contributed by atoms with E-state index in [0.29, 0.717) is 40.6 Å². The third-order valence-electron chi connectivity index (χ3n) is 3.97. The van der Waals surface area contributed by atoms with Gasteiger partial charge in [-0.2, -0.15) is 0 Å². The van der Waals surface area contributed by atoms with Gasteiger partial charge >= 0.3 is 0 Å². The fraction of sp³-hybridized carbons (Fsp3) is 0.333. The number of rotatable bonds is 8. The number of hydrogen-bond acceptors (Lipinski definition) is 5. The molecule has 0 spiro atoms. The maximum Gasteiger partial charge on any atom is 0.259 e. The van der Waals surface area contributed by atoms with Gasteiger partial charge in [-0.1, -0.05) is 13.8 Å². The van der Waals surface area contributed by atoms with Crippen LogP contribution in [0.1, 0.15) is 30.6 Å². The smallest absolute Gasteiger partial charge is 0.259 e. The highest BCUT2D eigenvalue weighted by atomic mass is 16.5. The summed E-state index contributed by atoms with van der Waals surface area (Å²) in [7, 11) is 4.49. The van der Waals surface area contributed by atoms with Crippen LogP contribution in [0.3, 0.4) is 0 Å². The minimum atomic E-state index is -0.352. The Morgan fingerprint density at radius 2 is 1.32 bits per heavy atom. The molecule has 0 fully saturated rings. The number of methoxy groups -OCH3 is 3. The van der Waals surface area contributed by atoms with Gasteiger partial charge < -0.3 is 24.8 Å². The van der Waals surface area contributed by atoms with E-state index in [1.54, 1.807) is 36.4 Å². The molecule has 0 aromatic heterocycles. The fourth-order valence-electron chi connectivity index (χ4n) is 2.62. The Hall–Kier alpha value is -3.22. The molecule has 0 atom stereocenters. The van der Waals surface area contributed by atoms with E-state index in [2.05, 4.69) is 10.6 Å². The molecule has 0 saturated heterocycles. The van der Waals surface area contributed by atoms with Gasteiger partial charge in [-0.05, 0) is 30.2 Å². The fourth-order valence-corrected chi connectivity index (χ4v) is 2.62. The Balaban J connectivity index is 2.13. The first-order valence-corrected chi connectivity index (χ1v) is 8.89. The molecule has 2 N–H and O–H groups in total. The first kappa shape index (κ1) is 21.1. The predicted octanol–water partition coefficient (Wildman–Crippen LogP) is 3.95. The molecule has 150 valence electrons. The van der Waals surface area contributed by atoms with Crippen molar-refractivity contribution in [1.82, 2.24) is 0 Å². The molecule has 28 heavy (non-hydrogen) atoms. The molecule has 2 amide bonds. The second-order valence-electron chi connectivity index (χ2n) is 6.59. The molecule has 0 bridgehead atoms. The third-order valence-corrected chi connectivity index (χ3v) is 3.97. The third kappa shape index (κ3) is 5.39. The molecular weight excluding hydrogens is 360 g/mol. The molecule has 0 aliphatic heterocycles. The minimum Gasteiger partial charge on any atom is -0.496 e. The lowest BCUT2D eigenvalue weighted by Crippen LogP contribution is -2.15. The van der Waals surface area contributed by atoms with Crippen LogP contribution in [0.15, 0.2) is 36.4 Å². The summed E-state index contributed by atoms with van der Waals surface area (Å²) in [6.07, 6.45) is 0.456. The summed E-state index contributed by atoms with van der Waals surface area (Å²) in [5.74, 6) is 1.16. The summed E-state index contributed by atoms with van der Waals surface area (Å²) in [6, 6.07) is 10.1. The van der Waals surface area contributed by atoms with Gasteiger partial charge in [0.05, 0.1) is 26.9 Å². The van der Waals surface area contributed by atoms with Crippen LogP contribution in [0.5, 0.6) is 17.2 Å². The van der Waals surface area contributed by atoms with Gasteiger partial charge in [-0.15, -0.1) is 0 Å². The van der Waals surface area contributed by atoms with E-state index in [1.165, 1.54) is 21.3 Å². The number of amides is 2. The SMILES string of the molecule is COc1cc(OC)c(C(=O)Nc2ccc(NC(=O)CC(C)C)cc2)cc1OC. The summed E-state index contributed by atoms with van der Waals surface area (Å²) < 4.78 is 15.8. The zero-order valence-corrected chi connectivity index (χ0v) is 16.8. The van der Waals surface area contributed by atoms with E-state index in [9.17, 15) is 9.59 Å². The highest BCUT2D eigenvalue weighted by molar-refractivity contribution is 6.06. The van der Waals surface area contributed by atoms with Gasteiger partial charge in [-0.3, -0.25) is 9.59 Å². The zero-order chi connectivity index (χ0) is 20.7. The van der Waals surface area contributed by atoms with Crippen LogP contribution < -0.4 is 24.8 Å². The first-order chi connectivity index (χ1) is 13.4. The topological polar surface area (TPSA) is 85.9 Å². The van der Waals surface area contributed by atoms with Gasteiger partial charge in [0.25, 0.3) is 5.91 Å². The molecule has 0 unspecified atom stereocenters. The number of benzene rings is 2. The molecule has 7 heteroatoms. The van der Waals surface area contributed by atoms with Crippen molar-refractivity contribution >= 4 is 23.2 Å². The number of hydrogen-bond donors (Lipinski definition) is 2. The average Bonchev–Trinajstić information content (AvgIpc) is 2.67. The van der Waals surface area contributed by atoms with Crippen LogP contribution >= 0.6 is 0 Å². The lowest BCUT2D eigenvalue weighted by Gasteiger charge is -2.14. The van der Waals surface area contributed by atoms with Crippen molar-refractivity contribution in [3.63, 3.8) is 0 Å². The normalized spacial score (nSPS) is 10.4. The van der Waals surface area contributed by atoms with Crippen molar-refractivity contribution in [3.05, 3.63) is 42.0 Å². The van der Waals surface area contributed by atoms with E-state index in [0.717, 1.165) is 0 Å². The van der Waals surface area contributed by atoms with E-state index < -0.39 is 0 Å². The Morgan fingerprint density at radius 3 is 1.82 bits per heavy atom. The largest absolute Gasteiger partial charge is 0.496 e. The van der Waals surface area contributed by atoms with Gasteiger partial charge in [0.1, 0.15) is 5.75 Å². The molecule has 7 nitrogen and oxygen atoms in total. The first-order valence-electron chi connectivity index (χ1n) is 8.89. The van der Waals surface area contributed by atoms with Crippen LogP contribution in [0.4, 0.5) is 11.4 Å². The number of anilines is 2. The Kier molecular flexibility index (Phi) is 7.26. The second-order valence-corrected chi connectivity index (χ2v) is 6.59. The molecular formula is C21H26N2O5. The molecule has 0 aliphatic rings. The van der Waals surface area contributed by atoms with Crippen molar-refractivity contribution < 1.29 is 23.8 Å². The van der Waals surface area contributed by atoms with Crippen molar-refractivity contribution in [1.29, 1.82) is 0 Å². The molecule has 0 saturated carbocycles. The van der Waals surface area contributed by atoms with Gasteiger partial charge in [0.2, 0.25) is 5.91 Å². The summed E-state index contributed by atoms with van der Waals surface area (Å²) in [5.41, 5.74) is 1.57. The molecule has 0 aliphatic carbocycles. The quantitative estimate of drug-likeness (QED) is 0.717. The number of nitrogens with one attached hydrogen (secondary N) is 2. The predicted molar refractivity (Wildman–Crippen MR) is 109 cm³/mol. The summed E-state index contributed by atoms with van der Waals surface area (Å²) in [5, 5.41) is 5.64.